The van der Waals surface area contributed by atoms with Gasteiger partial charge in [-0.15, -0.1) is 0 Å². The summed E-state index contributed by atoms with van der Waals surface area (Å²) in [5.41, 5.74) is 0.591. The lowest BCUT2D eigenvalue weighted by molar-refractivity contribution is 0.367. The van der Waals surface area contributed by atoms with E-state index in [1.54, 1.807) is 6.07 Å². The van der Waals surface area contributed by atoms with Gasteiger partial charge in [-0.05, 0) is 50.4 Å². The molecule has 0 amide bonds. The van der Waals surface area contributed by atoms with Crippen molar-refractivity contribution in [3.8, 4) is 5.75 Å². The third-order valence-electron chi connectivity index (χ3n) is 3.06. The van der Waals surface area contributed by atoms with Gasteiger partial charge in [0.25, 0.3) is 0 Å². The van der Waals surface area contributed by atoms with Crippen molar-refractivity contribution in [2.75, 3.05) is 13.1 Å². The SMILES string of the molecule is Oc1ccc(Br)c(CC2CCCNC2)c1F. The fourth-order valence-electron chi connectivity index (χ4n) is 2.16. The number of hydrogen-bond acceptors (Lipinski definition) is 2. The monoisotopic (exact) mass is 287 g/mol. The lowest BCUT2D eigenvalue weighted by Crippen LogP contribution is -2.31. The Morgan fingerprint density at radius 3 is 3.00 bits per heavy atom. The summed E-state index contributed by atoms with van der Waals surface area (Å²) >= 11 is 3.34. The number of benzene rings is 1. The number of halogens is 2. The van der Waals surface area contributed by atoms with E-state index in [2.05, 4.69) is 21.2 Å². The molecule has 1 aliphatic rings. The maximum absolute atomic E-state index is 13.7. The first-order valence-electron chi connectivity index (χ1n) is 5.55. The maximum Gasteiger partial charge on any atom is 0.169 e. The molecular weight excluding hydrogens is 273 g/mol. The summed E-state index contributed by atoms with van der Waals surface area (Å²) in [5.74, 6) is -0.289. The molecule has 88 valence electrons. The standard InChI is InChI=1S/C12H15BrFNO/c13-10-3-4-11(16)12(14)9(10)6-8-2-1-5-15-7-8/h3-4,8,15-16H,1-2,5-7H2. The molecule has 0 saturated carbocycles. The molecule has 0 spiro atoms. The minimum atomic E-state index is -0.486. The van der Waals surface area contributed by atoms with Crippen LogP contribution >= 0.6 is 15.9 Å². The number of aromatic hydroxyl groups is 1. The van der Waals surface area contributed by atoms with Crippen LogP contribution in [0.25, 0.3) is 0 Å². The van der Waals surface area contributed by atoms with Crippen LogP contribution < -0.4 is 5.32 Å². The maximum atomic E-state index is 13.7. The Balaban J connectivity index is 2.16. The van der Waals surface area contributed by atoms with Crippen LogP contribution in [-0.2, 0) is 6.42 Å². The smallest absolute Gasteiger partial charge is 0.169 e. The van der Waals surface area contributed by atoms with E-state index in [1.165, 1.54) is 6.07 Å². The van der Waals surface area contributed by atoms with Gasteiger partial charge >= 0.3 is 0 Å². The van der Waals surface area contributed by atoms with E-state index in [0.29, 0.717) is 17.9 Å². The summed E-state index contributed by atoms with van der Waals surface area (Å²) in [6.45, 7) is 1.99. The molecule has 2 rings (SSSR count). The van der Waals surface area contributed by atoms with Crippen molar-refractivity contribution in [2.45, 2.75) is 19.3 Å². The van der Waals surface area contributed by atoms with E-state index in [4.69, 9.17) is 0 Å². The number of nitrogens with one attached hydrogen (secondary N) is 1. The number of rotatable bonds is 2. The van der Waals surface area contributed by atoms with Crippen molar-refractivity contribution >= 4 is 15.9 Å². The second-order valence-electron chi connectivity index (χ2n) is 4.28. The topological polar surface area (TPSA) is 32.3 Å². The van der Waals surface area contributed by atoms with Crippen LogP contribution in [0.3, 0.4) is 0 Å². The second kappa shape index (κ2) is 5.15. The molecule has 1 aromatic carbocycles. The van der Waals surface area contributed by atoms with Crippen LogP contribution in [0.15, 0.2) is 16.6 Å². The Hall–Kier alpha value is -0.610. The molecule has 2 N–H and O–H groups in total. The van der Waals surface area contributed by atoms with Crippen molar-refractivity contribution in [2.24, 2.45) is 5.92 Å². The van der Waals surface area contributed by atoms with Gasteiger partial charge < -0.3 is 10.4 Å². The summed E-state index contributed by atoms with van der Waals surface area (Å²) in [5, 5.41) is 12.7. The molecule has 0 radical (unpaired) electrons. The van der Waals surface area contributed by atoms with E-state index in [9.17, 15) is 9.50 Å². The minimum Gasteiger partial charge on any atom is -0.505 e. The number of piperidine rings is 1. The predicted molar refractivity (Wildman–Crippen MR) is 65.1 cm³/mol. The van der Waals surface area contributed by atoms with E-state index in [1.807, 2.05) is 0 Å². The average Bonchev–Trinajstić information content (AvgIpc) is 2.31. The summed E-state index contributed by atoms with van der Waals surface area (Å²) in [6.07, 6.45) is 2.94. The van der Waals surface area contributed by atoms with Crippen molar-refractivity contribution in [3.05, 3.63) is 28.0 Å². The van der Waals surface area contributed by atoms with Gasteiger partial charge in [0.2, 0.25) is 0 Å². The van der Waals surface area contributed by atoms with E-state index < -0.39 is 5.82 Å². The molecule has 1 saturated heterocycles. The van der Waals surface area contributed by atoms with Gasteiger partial charge in [-0.2, -0.15) is 0 Å². The van der Waals surface area contributed by atoms with Gasteiger partial charge in [0.05, 0.1) is 0 Å². The van der Waals surface area contributed by atoms with Gasteiger partial charge in [-0.1, -0.05) is 15.9 Å². The molecule has 1 heterocycles. The zero-order valence-electron chi connectivity index (χ0n) is 8.97. The molecule has 0 aliphatic carbocycles. The third-order valence-corrected chi connectivity index (χ3v) is 3.80. The van der Waals surface area contributed by atoms with Crippen LogP contribution in [0.2, 0.25) is 0 Å². The van der Waals surface area contributed by atoms with E-state index in [0.717, 1.165) is 30.4 Å². The Morgan fingerprint density at radius 1 is 1.50 bits per heavy atom. The summed E-state index contributed by atoms with van der Waals surface area (Å²) in [6, 6.07) is 3.08. The molecule has 0 aromatic heterocycles. The predicted octanol–water partition coefficient (Wildman–Crippen LogP) is 2.84. The van der Waals surface area contributed by atoms with Gasteiger partial charge in [0.15, 0.2) is 11.6 Å². The highest BCUT2D eigenvalue weighted by Crippen LogP contribution is 2.30. The van der Waals surface area contributed by atoms with Crippen LogP contribution in [0.4, 0.5) is 4.39 Å². The highest BCUT2D eigenvalue weighted by molar-refractivity contribution is 9.10. The largest absolute Gasteiger partial charge is 0.505 e. The molecule has 4 heteroatoms. The van der Waals surface area contributed by atoms with Gasteiger partial charge in [-0.25, -0.2) is 4.39 Å². The van der Waals surface area contributed by atoms with Crippen LogP contribution in [0.5, 0.6) is 5.75 Å². The lowest BCUT2D eigenvalue weighted by Gasteiger charge is -2.23. The first-order chi connectivity index (χ1) is 7.68. The third kappa shape index (κ3) is 2.55. The van der Waals surface area contributed by atoms with E-state index >= 15 is 0 Å². The summed E-state index contributed by atoms with van der Waals surface area (Å²) in [4.78, 5) is 0. The Bertz CT molecular complexity index is 378. The molecule has 16 heavy (non-hydrogen) atoms. The summed E-state index contributed by atoms with van der Waals surface area (Å²) in [7, 11) is 0. The van der Waals surface area contributed by atoms with E-state index in [-0.39, 0.29) is 5.75 Å². The number of hydrogen-bond donors (Lipinski definition) is 2. The van der Waals surface area contributed by atoms with Crippen LogP contribution in [0, 0.1) is 11.7 Å². The Labute approximate surface area is 103 Å². The van der Waals surface area contributed by atoms with Crippen molar-refractivity contribution < 1.29 is 9.50 Å². The lowest BCUT2D eigenvalue weighted by atomic mass is 9.92. The number of phenolic OH excluding ortho intramolecular Hbond substituents is 1. The zero-order chi connectivity index (χ0) is 11.5. The summed E-state index contributed by atoms with van der Waals surface area (Å²) < 4.78 is 14.5. The minimum absolute atomic E-state index is 0.262. The van der Waals surface area contributed by atoms with Crippen LogP contribution in [0.1, 0.15) is 18.4 Å². The molecule has 1 fully saturated rings. The zero-order valence-corrected chi connectivity index (χ0v) is 10.6. The second-order valence-corrected chi connectivity index (χ2v) is 5.13. The van der Waals surface area contributed by atoms with Crippen molar-refractivity contribution in [3.63, 3.8) is 0 Å². The molecule has 1 aliphatic heterocycles. The van der Waals surface area contributed by atoms with Gasteiger partial charge in [0.1, 0.15) is 0 Å². The Kier molecular flexibility index (Phi) is 3.82. The molecule has 1 atom stereocenters. The first-order valence-corrected chi connectivity index (χ1v) is 6.34. The fraction of sp³-hybridized carbons (Fsp3) is 0.500. The number of phenols is 1. The molecule has 1 unspecified atom stereocenters. The van der Waals surface area contributed by atoms with Gasteiger partial charge in [-0.3, -0.25) is 0 Å². The first kappa shape index (κ1) is 11.9. The van der Waals surface area contributed by atoms with Crippen molar-refractivity contribution in [1.29, 1.82) is 0 Å². The van der Waals surface area contributed by atoms with Gasteiger partial charge in [0, 0.05) is 10.0 Å². The molecule has 2 nitrogen and oxygen atoms in total. The van der Waals surface area contributed by atoms with Crippen molar-refractivity contribution in [1.82, 2.24) is 5.32 Å². The fourth-order valence-corrected chi connectivity index (χ4v) is 2.63. The Morgan fingerprint density at radius 2 is 2.31 bits per heavy atom. The average molecular weight is 288 g/mol. The van der Waals surface area contributed by atoms with Crippen LogP contribution in [-0.4, -0.2) is 18.2 Å². The quantitative estimate of drug-likeness (QED) is 0.877. The normalized spacial score (nSPS) is 21.0. The highest BCUT2D eigenvalue weighted by Gasteiger charge is 2.18. The molecular formula is C12H15BrFNO. The highest BCUT2D eigenvalue weighted by atomic mass is 79.9. The molecule has 0 bridgehead atoms. The molecule has 1 aromatic rings.